The summed E-state index contributed by atoms with van der Waals surface area (Å²) >= 11 is 1.78. The van der Waals surface area contributed by atoms with Gasteiger partial charge >= 0.3 is 5.97 Å². The minimum absolute atomic E-state index is 0.0531. The predicted molar refractivity (Wildman–Crippen MR) is 66.8 cm³/mol. The first-order valence-electron chi connectivity index (χ1n) is 6.06. The molecule has 0 radical (unpaired) electrons. The zero-order valence-corrected chi connectivity index (χ0v) is 11.1. The zero-order valence-electron chi connectivity index (χ0n) is 10.2. The average molecular weight is 246 g/mol. The lowest BCUT2D eigenvalue weighted by atomic mass is 9.95. The first-order valence-corrected chi connectivity index (χ1v) is 7.21. The molecule has 0 aromatic rings. The van der Waals surface area contributed by atoms with Crippen molar-refractivity contribution in [1.29, 1.82) is 0 Å². The summed E-state index contributed by atoms with van der Waals surface area (Å²) in [5.41, 5.74) is 0. The largest absolute Gasteiger partial charge is 0.462 e. The number of hydrogen-bond donors (Lipinski definition) is 0. The van der Waals surface area contributed by atoms with E-state index < -0.39 is 0 Å². The maximum absolute atomic E-state index is 11.5. The highest BCUT2D eigenvalue weighted by Gasteiger charge is 2.24. The topological polar surface area (TPSA) is 35.5 Å². The molecule has 0 saturated heterocycles. The van der Waals surface area contributed by atoms with Crippen LogP contribution < -0.4 is 0 Å². The summed E-state index contributed by atoms with van der Waals surface area (Å²) in [7, 11) is 1.73. The maximum Gasteiger partial charge on any atom is 0.306 e. The number of methoxy groups -OCH3 is 1. The van der Waals surface area contributed by atoms with Gasteiger partial charge in [-0.25, -0.2) is 0 Å². The number of hydrogen-bond acceptors (Lipinski definition) is 4. The number of rotatable bonds is 6. The lowest BCUT2D eigenvalue weighted by molar-refractivity contribution is -0.152. The van der Waals surface area contributed by atoms with E-state index in [2.05, 4.69) is 6.92 Å². The van der Waals surface area contributed by atoms with Crippen molar-refractivity contribution in [2.24, 2.45) is 0 Å². The van der Waals surface area contributed by atoms with E-state index in [4.69, 9.17) is 9.47 Å². The summed E-state index contributed by atoms with van der Waals surface area (Å²) in [5.74, 6) is 1.88. The van der Waals surface area contributed by atoms with Crippen molar-refractivity contribution in [3.63, 3.8) is 0 Å². The van der Waals surface area contributed by atoms with Crippen molar-refractivity contribution in [3.8, 4) is 0 Å². The van der Waals surface area contributed by atoms with Crippen LogP contribution in [0.3, 0.4) is 0 Å². The second kappa shape index (κ2) is 7.96. The number of esters is 1. The third-order valence-corrected chi connectivity index (χ3v) is 3.77. The summed E-state index contributed by atoms with van der Waals surface area (Å²) < 4.78 is 10.7. The van der Waals surface area contributed by atoms with Crippen LogP contribution in [0.1, 0.15) is 39.0 Å². The fraction of sp³-hybridized carbons (Fsp3) is 0.917. The molecule has 94 valence electrons. The summed E-state index contributed by atoms with van der Waals surface area (Å²) in [5, 5.41) is 0. The molecule has 0 amide bonds. The minimum atomic E-state index is -0.0531. The fourth-order valence-electron chi connectivity index (χ4n) is 1.97. The van der Waals surface area contributed by atoms with E-state index >= 15 is 0 Å². The van der Waals surface area contributed by atoms with E-state index in [-0.39, 0.29) is 18.2 Å². The molecule has 4 heteroatoms. The van der Waals surface area contributed by atoms with Crippen LogP contribution >= 0.6 is 11.8 Å². The molecule has 0 N–H and O–H groups in total. The smallest absolute Gasteiger partial charge is 0.306 e. The Morgan fingerprint density at radius 1 is 1.38 bits per heavy atom. The maximum atomic E-state index is 11.5. The van der Waals surface area contributed by atoms with Crippen molar-refractivity contribution in [2.75, 3.05) is 18.6 Å². The standard InChI is InChI=1S/C12H22O3S/c1-3-16-8-7-12(13)15-11-6-4-5-10(9-11)14-2/h10-11H,3-9H2,1-2H3. The molecule has 1 aliphatic carbocycles. The molecule has 1 aliphatic rings. The van der Waals surface area contributed by atoms with Gasteiger partial charge in [0.15, 0.2) is 0 Å². The van der Waals surface area contributed by atoms with Crippen molar-refractivity contribution in [1.82, 2.24) is 0 Å². The predicted octanol–water partition coefficient (Wildman–Crippen LogP) is 2.63. The summed E-state index contributed by atoms with van der Waals surface area (Å²) in [6.45, 7) is 2.10. The molecule has 0 aromatic carbocycles. The molecule has 1 saturated carbocycles. The van der Waals surface area contributed by atoms with Crippen LogP contribution in [0.15, 0.2) is 0 Å². The zero-order chi connectivity index (χ0) is 11.8. The van der Waals surface area contributed by atoms with Gasteiger partial charge in [-0.3, -0.25) is 4.79 Å². The van der Waals surface area contributed by atoms with Crippen molar-refractivity contribution >= 4 is 17.7 Å². The summed E-state index contributed by atoms with van der Waals surface area (Å²) in [4.78, 5) is 11.5. The molecule has 16 heavy (non-hydrogen) atoms. The highest BCUT2D eigenvalue weighted by Crippen LogP contribution is 2.23. The molecular weight excluding hydrogens is 224 g/mol. The normalized spacial score (nSPS) is 25.4. The van der Waals surface area contributed by atoms with Crippen LogP contribution in [0, 0.1) is 0 Å². The Balaban J connectivity index is 2.17. The summed E-state index contributed by atoms with van der Waals surface area (Å²) in [6, 6.07) is 0. The number of carbonyl (C=O) groups excluding carboxylic acids is 1. The van der Waals surface area contributed by atoms with Crippen LogP contribution in [-0.2, 0) is 14.3 Å². The van der Waals surface area contributed by atoms with E-state index in [0.717, 1.165) is 37.2 Å². The van der Waals surface area contributed by atoms with Crippen molar-refractivity contribution in [3.05, 3.63) is 0 Å². The Morgan fingerprint density at radius 2 is 2.12 bits per heavy atom. The Kier molecular flexibility index (Phi) is 6.88. The molecule has 1 fully saturated rings. The van der Waals surface area contributed by atoms with Gasteiger partial charge in [0.25, 0.3) is 0 Å². The third-order valence-electron chi connectivity index (χ3n) is 2.86. The third kappa shape index (κ3) is 5.21. The molecule has 3 nitrogen and oxygen atoms in total. The fourth-order valence-corrected chi connectivity index (χ4v) is 2.57. The van der Waals surface area contributed by atoms with Gasteiger partial charge in [0.05, 0.1) is 12.5 Å². The molecular formula is C12H22O3S. The Labute approximate surface area is 102 Å². The molecule has 0 aromatic heterocycles. The number of carbonyl (C=O) groups is 1. The van der Waals surface area contributed by atoms with E-state index in [9.17, 15) is 4.79 Å². The van der Waals surface area contributed by atoms with Gasteiger partial charge in [-0.05, 0) is 25.0 Å². The van der Waals surface area contributed by atoms with Crippen LogP contribution in [-0.4, -0.2) is 36.8 Å². The van der Waals surface area contributed by atoms with Crippen LogP contribution in [0.2, 0.25) is 0 Å². The highest BCUT2D eigenvalue weighted by atomic mass is 32.2. The average Bonchev–Trinajstić information content (AvgIpc) is 2.29. The lowest BCUT2D eigenvalue weighted by Gasteiger charge is -2.27. The van der Waals surface area contributed by atoms with E-state index in [1.165, 1.54) is 0 Å². The number of thioether (sulfide) groups is 1. The molecule has 2 atom stereocenters. The van der Waals surface area contributed by atoms with Crippen LogP contribution in [0.25, 0.3) is 0 Å². The molecule has 0 aliphatic heterocycles. The van der Waals surface area contributed by atoms with Gasteiger partial charge in [0, 0.05) is 19.3 Å². The lowest BCUT2D eigenvalue weighted by Crippen LogP contribution is -2.29. The molecule has 1 rings (SSSR count). The van der Waals surface area contributed by atoms with E-state index in [1.807, 2.05) is 0 Å². The van der Waals surface area contributed by atoms with Gasteiger partial charge in [-0.15, -0.1) is 0 Å². The highest BCUT2D eigenvalue weighted by molar-refractivity contribution is 7.99. The molecule has 0 spiro atoms. The molecule has 0 bridgehead atoms. The SMILES string of the molecule is CCSCCC(=O)OC1CCCC(OC)C1. The Morgan fingerprint density at radius 3 is 2.81 bits per heavy atom. The van der Waals surface area contributed by atoms with Gasteiger partial charge in [0.1, 0.15) is 6.10 Å². The second-order valence-corrected chi connectivity index (χ2v) is 5.48. The quantitative estimate of drug-likeness (QED) is 0.533. The first-order chi connectivity index (χ1) is 7.76. The van der Waals surface area contributed by atoms with E-state index in [1.54, 1.807) is 18.9 Å². The van der Waals surface area contributed by atoms with Crippen LogP contribution in [0.4, 0.5) is 0 Å². The second-order valence-electron chi connectivity index (χ2n) is 4.08. The Bertz CT molecular complexity index is 208. The monoisotopic (exact) mass is 246 g/mol. The molecule has 2 unspecified atom stereocenters. The van der Waals surface area contributed by atoms with Gasteiger partial charge in [0.2, 0.25) is 0 Å². The summed E-state index contributed by atoms with van der Waals surface area (Å²) in [6.07, 6.45) is 4.94. The molecule has 0 heterocycles. The number of ether oxygens (including phenoxy) is 2. The van der Waals surface area contributed by atoms with Crippen molar-refractivity contribution < 1.29 is 14.3 Å². The van der Waals surface area contributed by atoms with Gasteiger partial charge in [-0.1, -0.05) is 6.92 Å². The van der Waals surface area contributed by atoms with Gasteiger partial charge in [-0.2, -0.15) is 11.8 Å². The van der Waals surface area contributed by atoms with Crippen molar-refractivity contribution in [2.45, 2.75) is 51.2 Å². The Hall–Kier alpha value is -0.220. The van der Waals surface area contributed by atoms with Crippen LogP contribution in [0.5, 0.6) is 0 Å². The first kappa shape index (κ1) is 13.8. The van der Waals surface area contributed by atoms with Gasteiger partial charge < -0.3 is 9.47 Å². The van der Waals surface area contributed by atoms with E-state index in [0.29, 0.717) is 6.42 Å². The minimum Gasteiger partial charge on any atom is -0.462 e.